The lowest BCUT2D eigenvalue weighted by Gasteiger charge is -2.37. The van der Waals surface area contributed by atoms with E-state index in [-0.39, 0.29) is 29.7 Å². The Balaban J connectivity index is 1.34. The van der Waals surface area contributed by atoms with E-state index in [4.69, 9.17) is 0 Å². The van der Waals surface area contributed by atoms with Crippen LogP contribution in [0.2, 0.25) is 0 Å². The van der Waals surface area contributed by atoms with Crippen LogP contribution in [0.1, 0.15) is 231 Å². The minimum Gasteiger partial charge on any atom is -0.310 e. The van der Waals surface area contributed by atoms with Crippen LogP contribution in [0.25, 0.3) is 66.1 Å². The van der Waals surface area contributed by atoms with Gasteiger partial charge in [-0.15, -0.1) is 0 Å². The van der Waals surface area contributed by atoms with E-state index in [0.29, 0.717) is 35.5 Å². The van der Waals surface area contributed by atoms with Crippen LogP contribution in [0.15, 0.2) is 127 Å². The predicted octanol–water partition coefficient (Wildman–Crippen LogP) is 17.8. The highest BCUT2D eigenvalue weighted by Crippen LogP contribution is 2.43. The van der Waals surface area contributed by atoms with Gasteiger partial charge >= 0.3 is 0 Å². The SMILES string of the molecule is CC(C)c1cc(C(C)C)c(B2c3cc4c(cc3-n3c5ccc(-c6ccccc6)cc5c5cc(C(C)(C)C)cc2c53)B(c2c(C(C)C)cc(C(C)C)cc2C(C)C)c2cc(C(C)(C)C)cc3c5cc(C(C)(C)C)ccc5n-4c23)c(C(C)C)c1. The van der Waals surface area contributed by atoms with E-state index in [2.05, 4.69) is 282 Å². The van der Waals surface area contributed by atoms with Gasteiger partial charge in [0, 0.05) is 44.0 Å². The van der Waals surface area contributed by atoms with Gasteiger partial charge in [-0.1, -0.05) is 235 Å². The molecule has 0 saturated carbocycles. The maximum absolute atomic E-state index is 2.75. The van der Waals surface area contributed by atoms with Gasteiger partial charge in [0.05, 0.1) is 11.0 Å². The smallest absolute Gasteiger partial charge is 0.247 e. The first-order valence-electron chi connectivity index (χ1n) is 31.4. The maximum Gasteiger partial charge on any atom is 0.247 e. The summed E-state index contributed by atoms with van der Waals surface area (Å²) in [4.78, 5) is 0. The molecule has 2 aliphatic heterocycles. The average molecular weight is 1080 g/mol. The fraction of sp³-hybridized carbons (Fsp3) is 0.385. The zero-order valence-corrected chi connectivity index (χ0v) is 53.6. The van der Waals surface area contributed by atoms with E-state index in [1.54, 1.807) is 0 Å². The topological polar surface area (TPSA) is 9.86 Å². The van der Waals surface area contributed by atoms with E-state index in [1.165, 1.54) is 149 Å². The molecule has 4 heterocycles. The van der Waals surface area contributed by atoms with Gasteiger partial charge in [0.25, 0.3) is 0 Å². The van der Waals surface area contributed by atoms with Crippen LogP contribution in [-0.2, 0) is 16.2 Å². The van der Waals surface area contributed by atoms with E-state index in [0.717, 1.165) is 0 Å². The van der Waals surface area contributed by atoms with Crippen molar-refractivity contribution in [3.05, 3.63) is 177 Å². The van der Waals surface area contributed by atoms with Crippen molar-refractivity contribution in [2.24, 2.45) is 0 Å². The fourth-order valence-corrected chi connectivity index (χ4v) is 14.5. The first-order chi connectivity index (χ1) is 38.5. The van der Waals surface area contributed by atoms with Crippen molar-refractivity contribution in [2.45, 2.75) is 197 Å². The van der Waals surface area contributed by atoms with Crippen LogP contribution >= 0.6 is 0 Å². The minimum absolute atomic E-state index is 0.0180. The van der Waals surface area contributed by atoms with Crippen molar-refractivity contribution >= 4 is 89.8 Å². The molecule has 2 aromatic heterocycles. The van der Waals surface area contributed by atoms with Crippen molar-refractivity contribution in [1.29, 1.82) is 0 Å². The molecule has 0 spiro atoms. The Morgan fingerprint density at radius 3 is 1.05 bits per heavy atom. The number of hydrogen-bond donors (Lipinski definition) is 0. The third-order valence-electron chi connectivity index (χ3n) is 19.3. The number of hydrogen-bond acceptors (Lipinski definition) is 0. The quantitative estimate of drug-likeness (QED) is 0.128. The fourth-order valence-electron chi connectivity index (χ4n) is 14.5. The van der Waals surface area contributed by atoms with Gasteiger partial charge in [-0.2, -0.15) is 0 Å². The zero-order chi connectivity index (χ0) is 58.7. The summed E-state index contributed by atoms with van der Waals surface area (Å²) in [6, 6.07) is 52.2. The molecule has 0 saturated heterocycles. The second-order valence-electron chi connectivity index (χ2n) is 30.2. The Hall–Kier alpha value is -6.51. The molecule has 418 valence electrons. The normalized spacial score (nSPS) is 13.8. The molecule has 0 bridgehead atoms. The van der Waals surface area contributed by atoms with Gasteiger partial charge in [0.15, 0.2) is 0 Å². The van der Waals surface area contributed by atoms with Gasteiger partial charge in [-0.3, -0.25) is 0 Å². The Morgan fingerprint density at radius 1 is 0.317 bits per heavy atom. The molecule has 0 fully saturated rings. The molecule has 2 aliphatic rings. The van der Waals surface area contributed by atoms with Crippen LogP contribution in [-0.4, -0.2) is 22.6 Å². The molecular weight excluding hydrogens is 986 g/mol. The molecule has 82 heavy (non-hydrogen) atoms. The van der Waals surface area contributed by atoms with Crippen molar-refractivity contribution in [3.8, 4) is 22.5 Å². The molecular formula is C78H90B2N2. The molecule has 0 amide bonds. The number of rotatable bonds is 9. The minimum atomic E-state index is -0.0993. The molecule has 10 aromatic rings. The molecule has 0 atom stereocenters. The van der Waals surface area contributed by atoms with Crippen molar-refractivity contribution in [1.82, 2.24) is 9.13 Å². The molecule has 4 heteroatoms. The third kappa shape index (κ3) is 8.80. The summed E-state index contributed by atoms with van der Waals surface area (Å²) in [5, 5.41) is 5.37. The van der Waals surface area contributed by atoms with Gasteiger partial charge < -0.3 is 9.13 Å². The number of benzene rings is 8. The Bertz CT molecular complexity index is 4160. The van der Waals surface area contributed by atoms with Crippen LogP contribution in [0.3, 0.4) is 0 Å². The van der Waals surface area contributed by atoms with Crippen LogP contribution < -0.4 is 32.8 Å². The monoisotopic (exact) mass is 1080 g/mol. The van der Waals surface area contributed by atoms with E-state index < -0.39 is 0 Å². The number of aromatic nitrogens is 2. The number of fused-ring (bicyclic) bond motifs is 10. The Morgan fingerprint density at radius 2 is 0.683 bits per heavy atom. The lowest BCUT2D eigenvalue weighted by atomic mass is 9.31. The van der Waals surface area contributed by atoms with Crippen molar-refractivity contribution in [3.63, 3.8) is 0 Å². The summed E-state index contributed by atoms with van der Waals surface area (Å²) in [6.45, 7) is 50.6. The average Bonchev–Trinajstić information content (AvgIpc) is 3.68. The highest BCUT2D eigenvalue weighted by Gasteiger charge is 2.44. The van der Waals surface area contributed by atoms with E-state index in [9.17, 15) is 0 Å². The van der Waals surface area contributed by atoms with Crippen LogP contribution in [0.5, 0.6) is 0 Å². The molecule has 12 rings (SSSR count). The lowest BCUT2D eigenvalue weighted by molar-refractivity contribution is 0.590. The first-order valence-corrected chi connectivity index (χ1v) is 31.4. The predicted molar refractivity (Wildman–Crippen MR) is 363 cm³/mol. The standard InChI is InChI=1S/C78H90B2N2/c1-43(2)51-32-56(45(5)6)72(57(33-51)46(7)8)79-64-42-71-65(41-70(64)81-68-29-27-50(49-25-23-22-24-26-49)31-60(68)62-37-54(77(16,17)18)39-66(79)74(62)81)80(73-58(47(9)10)34-52(44(3)4)35-59(73)48(11)12)67-40-55(78(19,20)21)38-63-61-36-53(76(13,14)15)28-30-69(61)82(71)75(63)67/h22-48H,1-21H3. The first kappa shape index (κ1) is 56.0. The van der Waals surface area contributed by atoms with Crippen LogP contribution in [0.4, 0.5) is 0 Å². The Labute approximate surface area is 493 Å². The van der Waals surface area contributed by atoms with Crippen LogP contribution in [0, 0.1) is 0 Å². The lowest BCUT2D eigenvalue weighted by Crippen LogP contribution is -2.62. The summed E-state index contributed by atoms with van der Waals surface area (Å²) in [7, 11) is 0. The van der Waals surface area contributed by atoms with Crippen molar-refractivity contribution in [2.75, 3.05) is 0 Å². The summed E-state index contributed by atoms with van der Waals surface area (Å²) >= 11 is 0. The highest BCUT2D eigenvalue weighted by molar-refractivity contribution is 7.00. The molecule has 0 unspecified atom stereocenters. The second-order valence-corrected chi connectivity index (χ2v) is 30.2. The summed E-state index contributed by atoms with van der Waals surface area (Å²) < 4.78 is 5.49. The largest absolute Gasteiger partial charge is 0.310 e. The highest BCUT2D eigenvalue weighted by atomic mass is 15.0. The van der Waals surface area contributed by atoms with E-state index in [1.807, 2.05) is 0 Å². The van der Waals surface area contributed by atoms with Gasteiger partial charge in [-0.05, 0) is 183 Å². The zero-order valence-electron chi connectivity index (χ0n) is 53.6. The summed E-state index contributed by atoms with van der Waals surface area (Å²) in [6.07, 6.45) is 0. The molecule has 0 radical (unpaired) electrons. The van der Waals surface area contributed by atoms with E-state index >= 15 is 0 Å². The Kier molecular flexibility index (Phi) is 13.3. The van der Waals surface area contributed by atoms with Gasteiger partial charge in [-0.25, -0.2) is 0 Å². The van der Waals surface area contributed by atoms with Gasteiger partial charge in [0.2, 0.25) is 13.4 Å². The van der Waals surface area contributed by atoms with Gasteiger partial charge in [0.1, 0.15) is 0 Å². The summed E-state index contributed by atoms with van der Waals surface area (Å²) in [5.74, 6) is 2.07. The second kappa shape index (κ2) is 19.5. The summed E-state index contributed by atoms with van der Waals surface area (Å²) in [5.41, 5.74) is 31.7. The van der Waals surface area contributed by atoms with Crippen molar-refractivity contribution < 1.29 is 0 Å². The molecule has 0 N–H and O–H groups in total. The molecule has 8 aromatic carbocycles. The third-order valence-corrected chi connectivity index (χ3v) is 19.3. The molecule has 2 nitrogen and oxygen atoms in total. The number of nitrogens with zero attached hydrogens (tertiary/aromatic N) is 2. The maximum atomic E-state index is 2.75. The molecule has 0 aliphatic carbocycles.